The Kier molecular flexibility index (Phi) is 8.05. The molecule has 1 aliphatic rings. The lowest BCUT2D eigenvalue weighted by Gasteiger charge is -2.29. The van der Waals surface area contributed by atoms with Crippen molar-refractivity contribution in [1.29, 1.82) is 0 Å². The molecular weight excluding hydrogens is 352 g/mol. The van der Waals surface area contributed by atoms with Gasteiger partial charge in [-0.25, -0.2) is 4.79 Å². The van der Waals surface area contributed by atoms with Crippen LogP contribution in [-0.2, 0) is 19.1 Å². The van der Waals surface area contributed by atoms with Gasteiger partial charge in [0.05, 0.1) is 6.54 Å². The Morgan fingerprint density at radius 3 is 2.37 bits per heavy atom. The molecule has 0 bridgehead atoms. The Hall–Kier alpha value is -2.32. The zero-order valence-corrected chi connectivity index (χ0v) is 16.8. The zero-order chi connectivity index (χ0) is 20.8. The zero-order valence-electron chi connectivity index (χ0n) is 16.8. The molecule has 1 saturated heterocycles. The van der Waals surface area contributed by atoms with Crippen LogP contribution in [0, 0.1) is 5.92 Å². The maximum Gasteiger partial charge on any atom is 0.410 e. The number of rotatable bonds is 7. The molecule has 1 heterocycles. The van der Waals surface area contributed by atoms with Gasteiger partial charge in [-0.15, -0.1) is 0 Å². The van der Waals surface area contributed by atoms with Crippen molar-refractivity contribution in [2.75, 3.05) is 13.1 Å². The molecule has 0 aromatic heterocycles. The summed E-state index contributed by atoms with van der Waals surface area (Å²) in [6, 6.07) is -1.49. The first-order chi connectivity index (χ1) is 12.4. The van der Waals surface area contributed by atoms with Crippen LogP contribution in [0.5, 0.6) is 0 Å². The van der Waals surface area contributed by atoms with Crippen LogP contribution in [0.25, 0.3) is 0 Å². The van der Waals surface area contributed by atoms with Gasteiger partial charge in [-0.05, 0) is 46.0 Å². The highest BCUT2D eigenvalue weighted by Crippen LogP contribution is 2.21. The van der Waals surface area contributed by atoms with E-state index >= 15 is 0 Å². The molecule has 154 valence electrons. The number of amides is 4. The predicted molar refractivity (Wildman–Crippen MR) is 99.6 cm³/mol. The van der Waals surface area contributed by atoms with Gasteiger partial charge in [0.25, 0.3) is 0 Å². The molecule has 1 rings (SSSR count). The maximum absolute atomic E-state index is 12.7. The number of nitrogens with two attached hydrogens (primary N) is 1. The van der Waals surface area contributed by atoms with Gasteiger partial charge in [0.15, 0.2) is 0 Å². The molecule has 1 fully saturated rings. The van der Waals surface area contributed by atoms with Gasteiger partial charge in [0, 0.05) is 6.54 Å². The number of carbonyl (C=O) groups is 4. The third-order valence-corrected chi connectivity index (χ3v) is 3.96. The molecule has 0 radical (unpaired) electrons. The lowest BCUT2D eigenvalue weighted by atomic mass is 10.0. The van der Waals surface area contributed by atoms with E-state index in [2.05, 4.69) is 10.6 Å². The van der Waals surface area contributed by atoms with E-state index in [0.29, 0.717) is 25.8 Å². The number of nitrogens with one attached hydrogen (secondary N) is 2. The predicted octanol–water partition coefficient (Wildman–Crippen LogP) is 0.518. The minimum atomic E-state index is -0.807. The summed E-state index contributed by atoms with van der Waals surface area (Å²) in [6.45, 7) is 9.26. The Morgan fingerprint density at radius 1 is 1.22 bits per heavy atom. The molecular formula is C18H32N4O5. The second-order valence-electron chi connectivity index (χ2n) is 8.21. The van der Waals surface area contributed by atoms with Crippen molar-refractivity contribution in [3.63, 3.8) is 0 Å². The largest absolute Gasteiger partial charge is 0.444 e. The van der Waals surface area contributed by atoms with E-state index in [4.69, 9.17) is 10.5 Å². The summed E-state index contributed by atoms with van der Waals surface area (Å²) in [4.78, 5) is 49.6. The van der Waals surface area contributed by atoms with Crippen molar-refractivity contribution in [3.05, 3.63) is 0 Å². The lowest BCUT2D eigenvalue weighted by Crippen LogP contribution is -2.54. The van der Waals surface area contributed by atoms with Crippen LogP contribution in [-0.4, -0.2) is 59.5 Å². The molecule has 0 unspecified atom stereocenters. The highest BCUT2D eigenvalue weighted by molar-refractivity contribution is 5.92. The summed E-state index contributed by atoms with van der Waals surface area (Å²) in [6.07, 6.45) is 1.04. The summed E-state index contributed by atoms with van der Waals surface area (Å²) in [5, 5.41) is 5.12. The Balaban J connectivity index is 2.79. The second kappa shape index (κ2) is 9.57. The van der Waals surface area contributed by atoms with Crippen molar-refractivity contribution in [2.24, 2.45) is 11.7 Å². The molecule has 9 nitrogen and oxygen atoms in total. The molecule has 0 spiro atoms. The van der Waals surface area contributed by atoms with Crippen molar-refractivity contribution >= 4 is 23.8 Å². The maximum atomic E-state index is 12.7. The van der Waals surface area contributed by atoms with E-state index in [1.807, 2.05) is 13.8 Å². The van der Waals surface area contributed by atoms with E-state index in [1.165, 1.54) is 4.90 Å². The summed E-state index contributed by atoms with van der Waals surface area (Å²) < 4.78 is 5.36. The number of hydrogen-bond donors (Lipinski definition) is 3. The van der Waals surface area contributed by atoms with Gasteiger partial charge in [0.2, 0.25) is 17.7 Å². The van der Waals surface area contributed by atoms with E-state index in [0.717, 1.165) is 0 Å². The Labute approximate surface area is 160 Å². The van der Waals surface area contributed by atoms with Gasteiger partial charge >= 0.3 is 6.09 Å². The molecule has 4 N–H and O–H groups in total. The fourth-order valence-corrected chi connectivity index (χ4v) is 2.85. The minimum absolute atomic E-state index is 0.139. The van der Waals surface area contributed by atoms with Crippen molar-refractivity contribution < 1.29 is 23.9 Å². The topological polar surface area (TPSA) is 131 Å². The summed E-state index contributed by atoms with van der Waals surface area (Å²) >= 11 is 0. The average Bonchev–Trinajstić information content (AvgIpc) is 2.99. The molecule has 0 aliphatic carbocycles. The molecule has 1 aliphatic heterocycles. The van der Waals surface area contributed by atoms with E-state index in [1.54, 1.807) is 20.8 Å². The minimum Gasteiger partial charge on any atom is -0.444 e. The molecule has 0 saturated carbocycles. The van der Waals surface area contributed by atoms with Crippen LogP contribution in [0.3, 0.4) is 0 Å². The molecule has 0 aromatic carbocycles. The van der Waals surface area contributed by atoms with Crippen LogP contribution < -0.4 is 16.4 Å². The molecule has 2 atom stereocenters. The first-order valence-electron chi connectivity index (χ1n) is 9.26. The normalized spacial score (nSPS) is 18.1. The second-order valence-corrected chi connectivity index (χ2v) is 8.21. The summed E-state index contributed by atoms with van der Waals surface area (Å²) in [5.74, 6) is -1.40. The smallest absolute Gasteiger partial charge is 0.410 e. The summed E-state index contributed by atoms with van der Waals surface area (Å²) in [5.41, 5.74) is 4.39. The van der Waals surface area contributed by atoms with E-state index in [9.17, 15) is 19.2 Å². The van der Waals surface area contributed by atoms with Crippen molar-refractivity contribution in [2.45, 2.75) is 71.6 Å². The Morgan fingerprint density at radius 2 is 1.85 bits per heavy atom. The number of nitrogens with zero attached hydrogens (tertiary/aromatic N) is 1. The monoisotopic (exact) mass is 384 g/mol. The van der Waals surface area contributed by atoms with Crippen molar-refractivity contribution in [1.82, 2.24) is 15.5 Å². The van der Waals surface area contributed by atoms with E-state index < -0.39 is 41.5 Å². The van der Waals surface area contributed by atoms with Crippen molar-refractivity contribution in [3.8, 4) is 0 Å². The SMILES string of the molecule is CC(C)C[C@H](NC(=O)[C@H]1CCCN1C(=O)OC(C)(C)C)C(=O)NCC(N)=O. The average molecular weight is 384 g/mol. The quantitative estimate of drug-likeness (QED) is 0.589. The van der Waals surface area contributed by atoms with Gasteiger partial charge in [-0.1, -0.05) is 13.8 Å². The first kappa shape index (κ1) is 22.7. The van der Waals surface area contributed by atoms with Crippen LogP contribution in [0.2, 0.25) is 0 Å². The molecule has 4 amide bonds. The van der Waals surface area contributed by atoms with Gasteiger partial charge in [-0.3, -0.25) is 19.3 Å². The number of likely N-dealkylation sites (tertiary alicyclic amines) is 1. The number of ether oxygens (including phenoxy) is 1. The van der Waals surface area contributed by atoms with Crippen LogP contribution in [0.4, 0.5) is 4.79 Å². The highest BCUT2D eigenvalue weighted by Gasteiger charge is 2.38. The number of primary amides is 1. The van der Waals surface area contributed by atoms with Gasteiger partial charge in [0.1, 0.15) is 17.7 Å². The van der Waals surface area contributed by atoms with E-state index in [-0.39, 0.29) is 12.5 Å². The first-order valence-corrected chi connectivity index (χ1v) is 9.26. The molecule has 9 heteroatoms. The fraction of sp³-hybridized carbons (Fsp3) is 0.778. The standard InChI is InChI=1S/C18H32N4O5/c1-11(2)9-12(15(24)20-10-14(19)23)21-16(25)13-7-6-8-22(13)17(26)27-18(3,4)5/h11-13H,6-10H2,1-5H3,(H2,19,23)(H,20,24)(H,21,25)/t12-,13+/m0/s1. The van der Waals surface area contributed by atoms with Crippen LogP contribution >= 0.6 is 0 Å². The number of carbonyl (C=O) groups excluding carboxylic acids is 4. The molecule has 27 heavy (non-hydrogen) atoms. The van der Waals surface area contributed by atoms with Crippen LogP contribution in [0.1, 0.15) is 53.9 Å². The third kappa shape index (κ3) is 7.84. The van der Waals surface area contributed by atoms with Crippen LogP contribution in [0.15, 0.2) is 0 Å². The number of hydrogen-bond acceptors (Lipinski definition) is 5. The van der Waals surface area contributed by atoms with Gasteiger partial charge < -0.3 is 21.1 Å². The third-order valence-electron chi connectivity index (χ3n) is 3.96. The Bertz CT molecular complexity index is 571. The lowest BCUT2D eigenvalue weighted by molar-refractivity contribution is -0.132. The fourth-order valence-electron chi connectivity index (χ4n) is 2.85. The summed E-state index contributed by atoms with van der Waals surface area (Å²) in [7, 11) is 0. The molecule has 0 aromatic rings. The highest BCUT2D eigenvalue weighted by atomic mass is 16.6. The van der Waals surface area contributed by atoms with Gasteiger partial charge in [-0.2, -0.15) is 0 Å².